The van der Waals surface area contributed by atoms with Gasteiger partial charge in [-0.05, 0) is 17.9 Å². The minimum atomic E-state index is -0.266. The van der Waals surface area contributed by atoms with Crippen LogP contribution in [0.4, 0.5) is 10.5 Å². The summed E-state index contributed by atoms with van der Waals surface area (Å²) in [6, 6.07) is 9.63. The molecule has 0 aliphatic heterocycles. The fourth-order valence-electron chi connectivity index (χ4n) is 2.56. The predicted molar refractivity (Wildman–Crippen MR) is 95.0 cm³/mol. The molecular weight excluding hydrogens is 304 g/mol. The number of carbonyl (C=O) groups is 1. The molecule has 2 aromatic rings. The zero-order chi connectivity index (χ0) is 17.4. The van der Waals surface area contributed by atoms with Crippen LogP contribution in [0.1, 0.15) is 31.7 Å². The number of benzene rings is 1. The van der Waals surface area contributed by atoms with Crippen LogP contribution in [0, 0.1) is 5.92 Å². The van der Waals surface area contributed by atoms with Crippen LogP contribution in [0.25, 0.3) is 0 Å². The molecule has 0 spiro atoms. The highest BCUT2D eigenvalue weighted by molar-refractivity contribution is 5.88. The molecule has 130 valence electrons. The number of aromatic nitrogens is 2. The van der Waals surface area contributed by atoms with Crippen molar-refractivity contribution in [3.05, 3.63) is 48.3 Å². The van der Waals surface area contributed by atoms with Crippen molar-refractivity contribution in [1.82, 2.24) is 15.1 Å². The number of hydrogen-bond acceptors (Lipinski definition) is 3. The van der Waals surface area contributed by atoms with Crippen molar-refractivity contribution in [2.75, 3.05) is 18.5 Å². The summed E-state index contributed by atoms with van der Waals surface area (Å²) >= 11 is 0. The van der Waals surface area contributed by atoms with Crippen LogP contribution in [-0.2, 0) is 6.54 Å². The molecule has 1 aromatic carbocycles. The summed E-state index contributed by atoms with van der Waals surface area (Å²) in [5.41, 5.74) is 1.78. The van der Waals surface area contributed by atoms with Crippen molar-refractivity contribution in [2.24, 2.45) is 5.92 Å². The average molecular weight is 330 g/mol. The van der Waals surface area contributed by atoms with E-state index in [9.17, 15) is 9.90 Å². The van der Waals surface area contributed by atoms with E-state index in [1.165, 1.54) is 0 Å². The van der Waals surface area contributed by atoms with Gasteiger partial charge in [0.25, 0.3) is 0 Å². The molecular formula is C18H26N4O2. The number of carbonyl (C=O) groups excluding carboxylic acids is 1. The van der Waals surface area contributed by atoms with Gasteiger partial charge in [0.05, 0.1) is 11.9 Å². The molecule has 6 nitrogen and oxygen atoms in total. The Labute approximate surface area is 142 Å². The molecule has 24 heavy (non-hydrogen) atoms. The minimum Gasteiger partial charge on any atom is -0.396 e. The third-order valence-corrected chi connectivity index (χ3v) is 3.70. The van der Waals surface area contributed by atoms with Gasteiger partial charge in [0.1, 0.15) is 0 Å². The van der Waals surface area contributed by atoms with E-state index >= 15 is 0 Å². The zero-order valence-electron chi connectivity index (χ0n) is 14.3. The van der Waals surface area contributed by atoms with Crippen molar-refractivity contribution >= 4 is 11.7 Å². The smallest absolute Gasteiger partial charge is 0.319 e. The molecule has 2 rings (SSSR count). The van der Waals surface area contributed by atoms with Crippen LogP contribution in [0.15, 0.2) is 42.7 Å². The maximum atomic E-state index is 12.1. The average Bonchev–Trinajstić information content (AvgIpc) is 2.98. The van der Waals surface area contributed by atoms with E-state index in [4.69, 9.17) is 0 Å². The van der Waals surface area contributed by atoms with Gasteiger partial charge in [0, 0.05) is 31.8 Å². The number of nitrogens with zero attached hydrogens (tertiary/aromatic N) is 2. The van der Waals surface area contributed by atoms with Crippen LogP contribution in [-0.4, -0.2) is 34.1 Å². The molecule has 0 fully saturated rings. The van der Waals surface area contributed by atoms with Gasteiger partial charge in [-0.2, -0.15) is 5.10 Å². The summed E-state index contributed by atoms with van der Waals surface area (Å²) in [6.45, 7) is 5.61. The molecule has 1 unspecified atom stereocenters. The van der Waals surface area contributed by atoms with E-state index in [1.807, 2.05) is 41.2 Å². The van der Waals surface area contributed by atoms with Crippen LogP contribution in [0.5, 0.6) is 0 Å². The molecule has 6 heteroatoms. The van der Waals surface area contributed by atoms with Gasteiger partial charge in [-0.3, -0.25) is 4.68 Å². The highest BCUT2D eigenvalue weighted by Gasteiger charge is 2.13. The third kappa shape index (κ3) is 5.70. The fourth-order valence-corrected chi connectivity index (χ4v) is 2.56. The van der Waals surface area contributed by atoms with Gasteiger partial charge in [-0.1, -0.05) is 44.2 Å². The zero-order valence-corrected chi connectivity index (χ0v) is 14.3. The second kappa shape index (κ2) is 9.08. The Balaban J connectivity index is 1.86. The van der Waals surface area contributed by atoms with E-state index in [-0.39, 0.29) is 18.6 Å². The molecule has 0 aliphatic rings. The SMILES string of the molecule is CC(C)Cn1cc(NC(=O)NCC(CCO)c2ccccc2)cn1. The molecule has 1 atom stereocenters. The van der Waals surface area contributed by atoms with Crippen LogP contribution in [0.3, 0.4) is 0 Å². The summed E-state index contributed by atoms with van der Waals surface area (Å²) in [5.74, 6) is 0.585. The van der Waals surface area contributed by atoms with Crippen molar-refractivity contribution in [1.29, 1.82) is 0 Å². The van der Waals surface area contributed by atoms with E-state index in [0.717, 1.165) is 12.1 Å². The van der Waals surface area contributed by atoms with Gasteiger partial charge < -0.3 is 15.7 Å². The molecule has 0 aliphatic carbocycles. The number of nitrogens with one attached hydrogen (secondary N) is 2. The molecule has 0 saturated heterocycles. The van der Waals surface area contributed by atoms with Crippen molar-refractivity contribution in [2.45, 2.75) is 32.7 Å². The van der Waals surface area contributed by atoms with Crippen LogP contribution >= 0.6 is 0 Å². The second-order valence-electron chi connectivity index (χ2n) is 6.30. The lowest BCUT2D eigenvalue weighted by atomic mass is 9.96. The van der Waals surface area contributed by atoms with Gasteiger partial charge in [0.15, 0.2) is 0 Å². The minimum absolute atomic E-state index is 0.0881. The molecule has 0 saturated carbocycles. The maximum absolute atomic E-state index is 12.1. The number of hydrogen-bond donors (Lipinski definition) is 3. The second-order valence-corrected chi connectivity index (χ2v) is 6.30. The number of urea groups is 1. The maximum Gasteiger partial charge on any atom is 0.319 e. The predicted octanol–water partition coefficient (Wildman–Crippen LogP) is 2.83. The lowest BCUT2D eigenvalue weighted by Gasteiger charge is -2.17. The first-order valence-corrected chi connectivity index (χ1v) is 8.31. The van der Waals surface area contributed by atoms with Gasteiger partial charge in [0.2, 0.25) is 0 Å². The molecule has 1 aromatic heterocycles. The van der Waals surface area contributed by atoms with Crippen LogP contribution < -0.4 is 10.6 Å². The summed E-state index contributed by atoms with van der Waals surface area (Å²) in [6.07, 6.45) is 4.07. The van der Waals surface area contributed by atoms with Crippen molar-refractivity contribution < 1.29 is 9.90 Å². The monoisotopic (exact) mass is 330 g/mol. The van der Waals surface area contributed by atoms with E-state index < -0.39 is 0 Å². The normalized spacial score (nSPS) is 12.2. The molecule has 2 amide bonds. The van der Waals surface area contributed by atoms with E-state index in [0.29, 0.717) is 24.6 Å². The molecule has 3 N–H and O–H groups in total. The van der Waals surface area contributed by atoms with Gasteiger partial charge in [-0.25, -0.2) is 4.79 Å². The number of anilines is 1. The van der Waals surface area contributed by atoms with Crippen molar-refractivity contribution in [3.63, 3.8) is 0 Å². The first-order chi connectivity index (χ1) is 11.6. The molecule has 0 bridgehead atoms. The first kappa shape index (κ1) is 18.0. The molecule has 0 radical (unpaired) electrons. The standard InChI is InChI=1S/C18H26N4O2/c1-14(2)12-22-13-17(11-20-22)21-18(24)19-10-16(8-9-23)15-6-4-3-5-7-15/h3-7,11,13-14,16,23H,8-10,12H2,1-2H3,(H2,19,21,24). The van der Waals surface area contributed by atoms with Crippen LogP contribution in [0.2, 0.25) is 0 Å². The summed E-state index contributed by atoms with van der Waals surface area (Å²) in [7, 11) is 0. The van der Waals surface area contributed by atoms with Gasteiger partial charge >= 0.3 is 6.03 Å². The lowest BCUT2D eigenvalue weighted by molar-refractivity contribution is 0.248. The number of aliphatic hydroxyl groups is 1. The Morgan fingerprint density at radius 3 is 2.71 bits per heavy atom. The topological polar surface area (TPSA) is 79.2 Å². The highest BCUT2D eigenvalue weighted by Crippen LogP contribution is 2.18. The Kier molecular flexibility index (Phi) is 6.81. The Bertz CT molecular complexity index is 625. The highest BCUT2D eigenvalue weighted by atomic mass is 16.3. The summed E-state index contributed by atoms with van der Waals surface area (Å²) in [4.78, 5) is 12.1. The quantitative estimate of drug-likeness (QED) is 0.696. The Hall–Kier alpha value is -2.34. The third-order valence-electron chi connectivity index (χ3n) is 3.70. The van der Waals surface area contributed by atoms with E-state index in [2.05, 4.69) is 29.6 Å². The largest absolute Gasteiger partial charge is 0.396 e. The number of amides is 2. The first-order valence-electron chi connectivity index (χ1n) is 8.31. The lowest BCUT2D eigenvalue weighted by Crippen LogP contribution is -2.32. The fraction of sp³-hybridized carbons (Fsp3) is 0.444. The molecule has 1 heterocycles. The van der Waals surface area contributed by atoms with Gasteiger partial charge in [-0.15, -0.1) is 0 Å². The Morgan fingerprint density at radius 2 is 2.04 bits per heavy atom. The Morgan fingerprint density at radius 1 is 1.29 bits per heavy atom. The van der Waals surface area contributed by atoms with E-state index in [1.54, 1.807) is 6.20 Å². The van der Waals surface area contributed by atoms with Crippen molar-refractivity contribution in [3.8, 4) is 0 Å². The summed E-state index contributed by atoms with van der Waals surface area (Å²) in [5, 5.41) is 19.1. The summed E-state index contributed by atoms with van der Waals surface area (Å²) < 4.78 is 1.82. The number of rotatable bonds is 8. The number of aliphatic hydroxyl groups excluding tert-OH is 1.